The van der Waals surface area contributed by atoms with Gasteiger partial charge >= 0.3 is 0 Å². The number of para-hydroxylation sites is 1. The Labute approximate surface area is 71.5 Å². The Hall–Kier alpha value is -1.28. The maximum absolute atomic E-state index is 9.62. The van der Waals surface area contributed by atoms with Gasteiger partial charge in [0.1, 0.15) is 0 Å². The molecule has 62 valence electrons. The summed E-state index contributed by atoms with van der Waals surface area (Å²) in [6, 6.07) is 7.88. The largest absolute Gasteiger partial charge is 0.368 e. The molecule has 0 aromatic heterocycles. The van der Waals surface area contributed by atoms with Crippen molar-refractivity contribution in [3.8, 4) is 0 Å². The van der Waals surface area contributed by atoms with Crippen molar-refractivity contribution in [3.63, 3.8) is 0 Å². The average Bonchev–Trinajstić information content (AvgIpc) is 2.02. The van der Waals surface area contributed by atoms with E-state index in [1.165, 1.54) is 0 Å². The third-order valence-electron chi connectivity index (χ3n) is 1.94. The lowest BCUT2D eigenvalue weighted by Gasteiger charge is -2.27. The Bertz CT molecular complexity index is 328. The highest BCUT2D eigenvalue weighted by Gasteiger charge is 2.19. The summed E-state index contributed by atoms with van der Waals surface area (Å²) >= 11 is 0. The summed E-state index contributed by atoms with van der Waals surface area (Å²) in [5.74, 6) is 0. The van der Waals surface area contributed by atoms with Gasteiger partial charge in [-0.05, 0) is 24.6 Å². The zero-order valence-corrected chi connectivity index (χ0v) is 6.91. The monoisotopic (exact) mass is 161 g/mol. The zero-order chi connectivity index (χ0) is 8.60. The molecule has 0 amide bonds. The topological polar surface area (TPSA) is 32.3 Å². The van der Waals surface area contributed by atoms with Crippen LogP contribution in [0.15, 0.2) is 30.3 Å². The van der Waals surface area contributed by atoms with Gasteiger partial charge in [-0.3, -0.25) is 0 Å². The van der Waals surface area contributed by atoms with E-state index < -0.39 is 5.72 Å². The van der Waals surface area contributed by atoms with Crippen LogP contribution in [0.25, 0.3) is 6.08 Å². The Morgan fingerprint density at radius 1 is 1.33 bits per heavy atom. The van der Waals surface area contributed by atoms with Crippen LogP contribution in [0.1, 0.15) is 12.5 Å². The molecule has 0 saturated carbocycles. The molecular formula is C10H11NO. The minimum absolute atomic E-state index is 0.908. The van der Waals surface area contributed by atoms with Crippen molar-refractivity contribution >= 4 is 11.8 Å². The van der Waals surface area contributed by atoms with E-state index in [9.17, 15) is 5.11 Å². The molecule has 12 heavy (non-hydrogen) atoms. The first kappa shape index (κ1) is 7.37. The number of hydrogen-bond donors (Lipinski definition) is 2. The van der Waals surface area contributed by atoms with Crippen molar-refractivity contribution in [3.05, 3.63) is 35.9 Å². The van der Waals surface area contributed by atoms with Gasteiger partial charge in [-0.1, -0.05) is 24.3 Å². The van der Waals surface area contributed by atoms with E-state index in [1.54, 1.807) is 13.0 Å². The van der Waals surface area contributed by atoms with Crippen molar-refractivity contribution in [2.24, 2.45) is 0 Å². The van der Waals surface area contributed by atoms with Gasteiger partial charge in [0.05, 0.1) is 0 Å². The lowest BCUT2D eigenvalue weighted by atomic mass is 10.0. The second kappa shape index (κ2) is 2.35. The predicted molar refractivity (Wildman–Crippen MR) is 49.7 cm³/mol. The van der Waals surface area contributed by atoms with Gasteiger partial charge in [-0.25, -0.2) is 0 Å². The Balaban J connectivity index is 2.46. The summed E-state index contributed by atoms with van der Waals surface area (Å²) in [6.07, 6.45) is 3.67. The Morgan fingerprint density at radius 3 is 2.92 bits per heavy atom. The quantitative estimate of drug-likeness (QED) is 0.608. The number of hydrogen-bond acceptors (Lipinski definition) is 2. The molecule has 0 radical (unpaired) electrons. The lowest BCUT2D eigenvalue weighted by Crippen LogP contribution is -2.33. The van der Waals surface area contributed by atoms with Crippen LogP contribution in [-0.4, -0.2) is 10.8 Å². The maximum atomic E-state index is 9.62. The smallest absolute Gasteiger partial charge is 0.152 e. The fourth-order valence-corrected chi connectivity index (χ4v) is 1.32. The molecule has 1 aromatic carbocycles. The van der Waals surface area contributed by atoms with E-state index in [-0.39, 0.29) is 0 Å². The number of anilines is 1. The molecule has 2 rings (SSSR count). The van der Waals surface area contributed by atoms with Gasteiger partial charge in [0.15, 0.2) is 5.72 Å². The first-order valence-electron chi connectivity index (χ1n) is 3.96. The highest BCUT2D eigenvalue weighted by atomic mass is 16.3. The van der Waals surface area contributed by atoms with Crippen LogP contribution in [0.4, 0.5) is 5.69 Å². The normalized spacial score (nSPS) is 26.2. The maximum Gasteiger partial charge on any atom is 0.152 e. The van der Waals surface area contributed by atoms with E-state index in [0.717, 1.165) is 11.3 Å². The number of benzene rings is 1. The highest BCUT2D eigenvalue weighted by molar-refractivity contribution is 5.71. The first-order chi connectivity index (χ1) is 5.67. The molecule has 0 saturated heterocycles. The Morgan fingerprint density at radius 2 is 2.08 bits per heavy atom. The predicted octanol–water partition coefficient (Wildman–Crippen LogP) is 1.83. The van der Waals surface area contributed by atoms with Gasteiger partial charge in [0.25, 0.3) is 0 Å². The fourth-order valence-electron chi connectivity index (χ4n) is 1.32. The summed E-state index contributed by atoms with van der Waals surface area (Å²) < 4.78 is 0. The SMILES string of the molecule is CC1(O)C=Cc2ccccc2N1. The zero-order valence-electron chi connectivity index (χ0n) is 6.91. The molecule has 1 heterocycles. The van der Waals surface area contributed by atoms with Crippen molar-refractivity contribution in [1.82, 2.24) is 0 Å². The highest BCUT2D eigenvalue weighted by Crippen LogP contribution is 2.25. The third-order valence-corrected chi connectivity index (χ3v) is 1.94. The molecule has 1 unspecified atom stereocenters. The summed E-state index contributed by atoms with van der Waals surface area (Å²) in [5, 5.41) is 12.6. The molecule has 1 aromatic rings. The second-order valence-corrected chi connectivity index (χ2v) is 3.19. The number of fused-ring (bicyclic) bond motifs is 1. The van der Waals surface area contributed by atoms with E-state index in [2.05, 4.69) is 5.32 Å². The van der Waals surface area contributed by atoms with E-state index >= 15 is 0 Å². The van der Waals surface area contributed by atoms with Crippen LogP contribution >= 0.6 is 0 Å². The van der Waals surface area contributed by atoms with E-state index in [4.69, 9.17) is 0 Å². The van der Waals surface area contributed by atoms with Crippen LogP contribution in [0, 0.1) is 0 Å². The van der Waals surface area contributed by atoms with Gasteiger partial charge in [-0.15, -0.1) is 0 Å². The summed E-state index contributed by atoms with van der Waals surface area (Å²) in [5.41, 5.74) is 1.18. The average molecular weight is 161 g/mol. The van der Waals surface area contributed by atoms with E-state index in [0.29, 0.717) is 0 Å². The molecule has 0 spiro atoms. The van der Waals surface area contributed by atoms with Crippen molar-refractivity contribution in [2.45, 2.75) is 12.6 Å². The molecule has 1 aliphatic rings. The molecule has 2 heteroatoms. The second-order valence-electron chi connectivity index (χ2n) is 3.19. The van der Waals surface area contributed by atoms with E-state index in [1.807, 2.05) is 30.3 Å². The number of nitrogens with one attached hydrogen (secondary N) is 1. The number of rotatable bonds is 0. The van der Waals surface area contributed by atoms with Crippen LogP contribution in [0.2, 0.25) is 0 Å². The van der Waals surface area contributed by atoms with Crippen molar-refractivity contribution in [2.75, 3.05) is 5.32 Å². The fraction of sp³-hybridized carbons (Fsp3) is 0.200. The summed E-state index contributed by atoms with van der Waals surface area (Å²) in [4.78, 5) is 0. The summed E-state index contributed by atoms with van der Waals surface area (Å²) in [7, 11) is 0. The van der Waals surface area contributed by atoms with Crippen molar-refractivity contribution < 1.29 is 5.11 Å². The molecule has 0 aliphatic carbocycles. The van der Waals surface area contributed by atoms with Crippen LogP contribution in [0.3, 0.4) is 0 Å². The van der Waals surface area contributed by atoms with Crippen molar-refractivity contribution in [1.29, 1.82) is 0 Å². The van der Waals surface area contributed by atoms with Gasteiger partial charge in [0, 0.05) is 5.69 Å². The first-order valence-corrected chi connectivity index (χ1v) is 3.96. The molecule has 1 atom stereocenters. The molecule has 0 bridgehead atoms. The standard InChI is InChI=1S/C10H11NO/c1-10(12)7-6-8-4-2-3-5-9(8)11-10/h2-7,11-12H,1H3. The molecule has 1 aliphatic heterocycles. The van der Waals surface area contributed by atoms with Crippen LogP contribution < -0.4 is 5.32 Å². The minimum Gasteiger partial charge on any atom is -0.368 e. The van der Waals surface area contributed by atoms with Gasteiger partial charge in [0.2, 0.25) is 0 Å². The van der Waals surface area contributed by atoms with Gasteiger partial charge < -0.3 is 10.4 Å². The minimum atomic E-state index is -0.908. The number of aliphatic hydroxyl groups is 1. The molecule has 2 N–H and O–H groups in total. The molecule has 0 fully saturated rings. The Kier molecular flexibility index (Phi) is 1.45. The lowest BCUT2D eigenvalue weighted by molar-refractivity contribution is 0.142. The van der Waals surface area contributed by atoms with Gasteiger partial charge in [-0.2, -0.15) is 0 Å². The third kappa shape index (κ3) is 1.21. The van der Waals surface area contributed by atoms with Crippen LogP contribution in [0.5, 0.6) is 0 Å². The summed E-state index contributed by atoms with van der Waals surface area (Å²) in [6.45, 7) is 1.72. The van der Waals surface area contributed by atoms with Crippen LogP contribution in [-0.2, 0) is 0 Å². The molecular weight excluding hydrogens is 150 g/mol. The molecule has 2 nitrogen and oxygen atoms in total.